The number of rotatable bonds is 9. The lowest BCUT2D eigenvalue weighted by atomic mass is 9.71. The van der Waals surface area contributed by atoms with Gasteiger partial charge in [-0.1, -0.05) is 39.5 Å². The molecule has 1 fully saturated rings. The van der Waals surface area contributed by atoms with Crippen LogP contribution >= 0.6 is 0 Å². The lowest BCUT2D eigenvalue weighted by Gasteiger charge is -2.40. The molecule has 0 aromatic carbocycles. The summed E-state index contributed by atoms with van der Waals surface area (Å²) < 4.78 is 10.9. The first-order chi connectivity index (χ1) is 10.0. The van der Waals surface area contributed by atoms with Gasteiger partial charge in [-0.05, 0) is 43.9 Å². The van der Waals surface area contributed by atoms with E-state index >= 15 is 0 Å². The van der Waals surface area contributed by atoms with E-state index < -0.39 is 0 Å². The summed E-state index contributed by atoms with van der Waals surface area (Å²) in [5.41, 5.74) is 0.186. The lowest BCUT2D eigenvalue weighted by Crippen LogP contribution is -2.38. The molecule has 0 amide bonds. The Bertz CT molecular complexity index is 293. The van der Waals surface area contributed by atoms with Crippen molar-refractivity contribution in [3.05, 3.63) is 0 Å². The number of hydrogen-bond acceptors (Lipinski definition) is 3. The van der Waals surface area contributed by atoms with Crippen LogP contribution in [-0.2, 0) is 14.3 Å². The Hall–Kier alpha value is -0.570. The molecule has 124 valence electrons. The molecule has 0 saturated heterocycles. The SMILES string of the molecule is CCOC(=O)CCCCC(C)(C)C(OC)C1CCCCC1. The predicted molar refractivity (Wildman–Crippen MR) is 86.3 cm³/mol. The van der Waals surface area contributed by atoms with Crippen LogP contribution in [0.3, 0.4) is 0 Å². The fourth-order valence-corrected chi connectivity index (χ4v) is 3.81. The van der Waals surface area contributed by atoms with E-state index in [0.29, 0.717) is 25.0 Å². The van der Waals surface area contributed by atoms with E-state index in [0.717, 1.165) is 19.3 Å². The topological polar surface area (TPSA) is 35.5 Å². The van der Waals surface area contributed by atoms with Gasteiger partial charge < -0.3 is 9.47 Å². The molecule has 0 N–H and O–H groups in total. The zero-order valence-electron chi connectivity index (χ0n) is 14.5. The van der Waals surface area contributed by atoms with Gasteiger partial charge in [-0.25, -0.2) is 0 Å². The summed E-state index contributed by atoms with van der Waals surface area (Å²) in [7, 11) is 1.86. The van der Waals surface area contributed by atoms with E-state index in [9.17, 15) is 4.79 Å². The molecule has 0 aliphatic heterocycles. The van der Waals surface area contributed by atoms with Crippen molar-refractivity contribution >= 4 is 5.97 Å². The Labute approximate surface area is 130 Å². The molecule has 1 aliphatic rings. The maximum Gasteiger partial charge on any atom is 0.305 e. The van der Waals surface area contributed by atoms with Crippen LogP contribution < -0.4 is 0 Å². The van der Waals surface area contributed by atoms with E-state index in [1.165, 1.54) is 32.1 Å². The van der Waals surface area contributed by atoms with Crippen LogP contribution in [0.2, 0.25) is 0 Å². The molecule has 1 saturated carbocycles. The first-order valence-electron chi connectivity index (χ1n) is 8.69. The van der Waals surface area contributed by atoms with Crippen molar-refractivity contribution in [3.8, 4) is 0 Å². The zero-order valence-corrected chi connectivity index (χ0v) is 14.5. The van der Waals surface area contributed by atoms with Crippen molar-refractivity contribution in [1.29, 1.82) is 0 Å². The highest BCUT2D eigenvalue weighted by atomic mass is 16.5. The Morgan fingerprint density at radius 3 is 2.43 bits per heavy atom. The summed E-state index contributed by atoms with van der Waals surface area (Å²) >= 11 is 0. The Kier molecular flexibility index (Phi) is 8.31. The maximum absolute atomic E-state index is 11.4. The van der Waals surface area contributed by atoms with Gasteiger partial charge in [0.1, 0.15) is 0 Å². The Morgan fingerprint density at radius 2 is 1.86 bits per heavy atom. The molecule has 0 aromatic heterocycles. The standard InChI is InChI=1S/C18H34O3/c1-5-21-16(19)13-9-10-14-18(2,3)17(20-4)15-11-7-6-8-12-15/h15,17H,5-14H2,1-4H3. The van der Waals surface area contributed by atoms with Crippen molar-refractivity contribution in [3.63, 3.8) is 0 Å². The van der Waals surface area contributed by atoms with Crippen LogP contribution in [-0.4, -0.2) is 25.8 Å². The zero-order chi connectivity index (χ0) is 15.7. The number of carbonyl (C=O) groups excluding carboxylic acids is 1. The molecule has 1 rings (SSSR count). The molecular formula is C18H34O3. The van der Waals surface area contributed by atoms with Gasteiger partial charge in [0.05, 0.1) is 12.7 Å². The highest BCUT2D eigenvalue weighted by Gasteiger charge is 2.35. The van der Waals surface area contributed by atoms with Crippen molar-refractivity contribution in [2.75, 3.05) is 13.7 Å². The van der Waals surface area contributed by atoms with Gasteiger partial charge in [-0.15, -0.1) is 0 Å². The summed E-state index contributed by atoms with van der Waals surface area (Å²) in [6.07, 6.45) is 10.7. The quantitative estimate of drug-likeness (QED) is 0.456. The molecule has 21 heavy (non-hydrogen) atoms. The first kappa shape index (κ1) is 18.5. The minimum absolute atomic E-state index is 0.0640. The third-order valence-corrected chi connectivity index (χ3v) is 4.86. The Balaban J connectivity index is 2.37. The average molecular weight is 298 g/mol. The smallest absolute Gasteiger partial charge is 0.305 e. The van der Waals surface area contributed by atoms with Crippen LogP contribution in [0.25, 0.3) is 0 Å². The minimum Gasteiger partial charge on any atom is -0.466 e. The molecular weight excluding hydrogens is 264 g/mol. The van der Waals surface area contributed by atoms with Gasteiger partial charge in [0.15, 0.2) is 0 Å². The number of methoxy groups -OCH3 is 1. The average Bonchev–Trinajstić information content (AvgIpc) is 2.45. The lowest BCUT2D eigenvalue weighted by molar-refractivity contribution is -0.143. The number of esters is 1. The van der Waals surface area contributed by atoms with Gasteiger partial charge >= 0.3 is 5.97 Å². The third-order valence-electron chi connectivity index (χ3n) is 4.86. The largest absolute Gasteiger partial charge is 0.466 e. The normalized spacial score (nSPS) is 18.5. The number of ether oxygens (including phenoxy) is 2. The molecule has 0 aromatic rings. The molecule has 0 spiro atoms. The van der Waals surface area contributed by atoms with Crippen LogP contribution in [0.15, 0.2) is 0 Å². The second-order valence-corrected chi connectivity index (χ2v) is 7.06. The second kappa shape index (κ2) is 9.45. The van der Waals surface area contributed by atoms with Crippen molar-refractivity contribution < 1.29 is 14.3 Å². The fraction of sp³-hybridized carbons (Fsp3) is 0.944. The molecule has 1 aliphatic carbocycles. The molecule has 0 heterocycles. The van der Waals surface area contributed by atoms with Crippen molar-refractivity contribution in [2.45, 2.75) is 84.7 Å². The van der Waals surface area contributed by atoms with E-state index in [2.05, 4.69) is 13.8 Å². The van der Waals surface area contributed by atoms with Crippen LogP contribution in [0.4, 0.5) is 0 Å². The van der Waals surface area contributed by atoms with E-state index in [-0.39, 0.29) is 11.4 Å². The predicted octanol–water partition coefficient (Wildman–Crippen LogP) is 4.73. The van der Waals surface area contributed by atoms with Crippen LogP contribution in [0.1, 0.15) is 78.6 Å². The molecule has 0 radical (unpaired) electrons. The minimum atomic E-state index is -0.0640. The number of hydrogen-bond donors (Lipinski definition) is 0. The molecule has 3 nitrogen and oxygen atoms in total. The van der Waals surface area contributed by atoms with Crippen LogP contribution in [0.5, 0.6) is 0 Å². The number of carbonyl (C=O) groups is 1. The van der Waals surface area contributed by atoms with Gasteiger partial charge in [0.2, 0.25) is 0 Å². The summed E-state index contributed by atoms with van der Waals surface area (Å²) in [5, 5.41) is 0. The van der Waals surface area contributed by atoms with Crippen molar-refractivity contribution in [1.82, 2.24) is 0 Å². The van der Waals surface area contributed by atoms with E-state index in [1.54, 1.807) is 0 Å². The van der Waals surface area contributed by atoms with Gasteiger partial charge in [0, 0.05) is 13.5 Å². The summed E-state index contributed by atoms with van der Waals surface area (Å²) in [5.74, 6) is 0.648. The monoisotopic (exact) mass is 298 g/mol. The maximum atomic E-state index is 11.4. The third kappa shape index (κ3) is 6.37. The second-order valence-electron chi connectivity index (χ2n) is 7.06. The molecule has 3 heteroatoms. The summed E-state index contributed by atoms with van der Waals surface area (Å²) in [4.78, 5) is 11.4. The van der Waals surface area contributed by atoms with E-state index in [4.69, 9.17) is 9.47 Å². The first-order valence-corrected chi connectivity index (χ1v) is 8.69. The molecule has 1 unspecified atom stereocenters. The van der Waals surface area contributed by atoms with Gasteiger partial charge in [-0.2, -0.15) is 0 Å². The summed E-state index contributed by atoms with van der Waals surface area (Å²) in [6.45, 7) is 6.98. The van der Waals surface area contributed by atoms with Crippen molar-refractivity contribution in [2.24, 2.45) is 11.3 Å². The highest BCUT2D eigenvalue weighted by molar-refractivity contribution is 5.69. The molecule has 0 bridgehead atoms. The summed E-state index contributed by atoms with van der Waals surface area (Å²) in [6, 6.07) is 0. The van der Waals surface area contributed by atoms with Gasteiger partial charge in [-0.3, -0.25) is 4.79 Å². The number of unbranched alkanes of at least 4 members (excludes halogenated alkanes) is 1. The fourth-order valence-electron chi connectivity index (χ4n) is 3.81. The Morgan fingerprint density at radius 1 is 1.19 bits per heavy atom. The molecule has 1 atom stereocenters. The highest BCUT2D eigenvalue weighted by Crippen LogP contribution is 2.39. The van der Waals surface area contributed by atoms with E-state index in [1.807, 2.05) is 14.0 Å². The van der Waals surface area contributed by atoms with Gasteiger partial charge in [0.25, 0.3) is 0 Å². The van der Waals surface area contributed by atoms with Crippen LogP contribution in [0, 0.1) is 11.3 Å².